The van der Waals surface area contributed by atoms with Crippen LogP contribution in [0.3, 0.4) is 0 Å². The Morgan fingerprint density at radius 2 is 2.13 bits per heavy atom. The van der Waals surface area contributed by atoms with Crippen LogP contribution in [0.4, 0.5) is 0 Å². The topological polar surface area (TPSA) is 59.4 Å². The van der Waals surface area contributed by atoms with E-state index >= 15 is 0 Å². The molecule has 6 nitrogen and oxygen atoms in total. The van der Waals surface area contributed by atoms with E-state index < -0.39 is 0 Å². The Hall–Kier alpha value is -1.86. The van der Waals surface area contributed by atoms with Crippen LogP contribution in [0, 0.1) is 0 Å². The van der Waals surface area contributed by atoms with Crippen LogP contribution in [-0.4, -0.2) is 55.2 Å². The lowest BCUT2D eigenvalue weighted by atomic mass is 10.0. The molecule has 2 radical (unpaired) electrons. The minimum absolute atomic E-state index is 0.0794. The van der Waals surface area contributed by atoms with E-state index in [1.165, 1.54) is 6.20 Å². The molecule has 1 N–H and O–H groups in total. The second-order valence-corrected chi connectivity index (χ2v) is 5.89. The van der Waals surface area contributed by atoms with Crippen LogP contribution in [0.5, 0.6) is 5.75 Å². The summed E-state index contributed by atoms with van der Waals surface area (Å²) in [5.41, 5.74) is 1.54. The molecule has 2 heterocycles. The molecule has 0 unspecified atom stereocenters. The van der Waals surface area contributed by atoms with Crippen molar-refractivity contribution in [3.8, 4) is 5.75 Å². The van der Waals surface area contributed by atoms with Crippen molar-refractivity contribution in [2.45, 2.75) is 25.4 Å². The molecule has 23 heavy (non-hydrogen) atoms. The minimum atomic E-state index is -0.0794. The van der Waals surface area contributed by atoms with Gasteiger partial charge in [0, 0.05) is 19.2 Å². The number of benzene rings is 1. The van der Waals surface area contributed by atoms with E-state index in [4.69, 9.17) is 12.7 Å². The highest BCUT2D eigenvalue weighted by Crippen LogP contribution is 2.18. The van der Waals surface area contributed by atoms with Gasteiger partial charge in [0.1, 0.15) is 5.75 Å². The number of ether oxygens (including phenoxy) is 1. The van der Waals surface area contributed by atoms with Crippen LogP contribution in [0.1, 0.15) is 12.8 Å². The maximum Gasteiger partial charge on any atom is 0.269 e. The Bertz CT molecular complexity index is 726. The lowest BCUT2D eigenvalue weighted by molar-refractivity contribution is 0.201. The Balaban J connectivity index is 1.77. The van der Waals surface area contributed by atoms with Gasteiger partial charge < -0.3 is 19.4 Å². The average Bonchev–Trinajstić information content (AvgIpc) is 2.61. The number of rotatable bonds is 5. The fourth-order valence-corrected chi connectivity index (χ4v) is 3.06. The highest BCUT2D eigenvalue weighted by atomic mass is 16.5. The number of methoxy groups -OCH3 is 1. The summed E-state index contributed by atoms with van der Waals surface area (Å²) in [5.74, 6) is 0.730. The number of nitrogens with one attached hydrogen (secondary N) is 1. The molecule has 1 aromatic carbocycles. The van der Waals surface area contributed by atoms with E-state index in [1.807, 2.05) is 18.2 Å². The van der Waals surface area contributed by atoms with Gasteiger partial charge in [-0.15, -0.1) is 0 Å². The third-order valence-electron chi connectivity index (χ3n) is 4.52. The molecule has 1 aliphatic heterocycles. The number of nitrogens with zero attached hydrogens (tertiary/aromatic N) is 3. The smallest absolute Gasteiger partial charge is 0.269 e. The molecule has 0 saturated carbocycles. The zero-order valence-corrected chi connectivity index (χ0v) is 13.4. The number of piperidine rings is 1. The van der Waals surface area contributed by atoms with Gasteiger partial charge >= 0.3 is 0 Å². The molecule has 1 saturated heterocycles. The molecule has 7 heteroatoms. The third kappa shape index (κ3) is 3.56. The molecule has 1 fully saturated rings. The summed E-state index contributed by atoms with van der Waals surface area (Å²) in [6.45, 7) is 3.48. The van der Waals surface area contributed by atoms with Crippen molar-refractivity contribution in [2.24, 2.45) is 0 Å². The van der Waals surface area contributed by atoms with Gasteiger partial charge in [-0.05, 0) is 44.1 Å². The molecule has 1 aromatic heterocycles. The van der Waals surface area contributed by atoms with Crippen molar-refractivity contribution >= 4 is 19.0 Å². The van der Waals surface area contributed by atoms with Crippen molar-refractivity contribution in [1.29, 1.82) is 0 Å². The van der Waals surface area contributed by atoms with E-state index in [9.17, 15) is 4.79 Å². The summed E-state index contributed by atoms with van der Waals surface area (Å²) in [6.07, 6.45) is 3.46. The fourth-order valence-electron chi connectivity index (χ4n) is 3.06. The predicted octanol–water partition coefficient (Wildman–Crippen LogP) is 0.543. The number of aromatic nitrogens is 2. The second kappa shape index (κ2) is 7.15. The number of hydrogen-bond donors (Lipinski definition) is 1. The van der Waals surface area contributed by atoms with Gasteiger partial charge in [0.15, 0.2) is 7.98 Å². The Kier molecular flexibility index (Phi) is 4.98. The van der Waals surface area contributed by atoms with Crippen LogP contribution in [-0.2, 0) is 6.54 Å². The van der Waals surface area contributed by atoms with Gasteiger partial charge in [-0.2, -0.15) is 0 Å². The Morgan fingerprint density at radius 1 is 1.35 bits per heavy atom. The first kappa shape index (κ1) is 16.0. The van der Waals surface area contributed by atoms with Crippen LogP contribution < -0.4 is 15.5 Å². The number of likely N-dealkylation sites (tertiary alicyclic amines) is 1. The molecule has 120 valence electrons. The summed E-state index contributed by atoms with van der Waals surface area (Å²) in [7, 11) is 7.11. The largest absolute Gasteiger partial charge is 0.497 e. The first-order chi connectivity index (χ1) is 11.2. The molecule has 3 rings (SSSR count). The molecular weight excluding hydrogens is 291 g/mol. The van der Waals surface area contributed by atoms with Crippen molar-refractivity contribution in [3.63, 3.8) is 0 Å². The monoisotopic (exact) mass is 312 g/mol. The predicted molar refractivity (Wildman–Crippen MR) is 90.9 cm³/mol. The molecule has 0 spiro atoms. The normalized spacial score (nSPS) is 16.7. The molecule has 2 aromatic rings. The molecular formula is C16H21BN4O2. The summed E-state index contributed by atoms with van der Waals surface area (Å²) < 4.78 is 7.04. The van der Waals surface area contributed by atoms with Crippen LogP contribution in [0.25, 0.3) is 11.0 Å². The van der Waals surface area contributed by atoms with Crippen molar-refractivity contribution < 1.29 is 4.74 Å². The van der Waals surface area contributed by atoms with Gasteiger partial charge in [-0.25, -0.2) is 4.98 Å². The Morgan fingerprint density at radius 3 is 2.83 bits per heavy atom. The molecule has 0 bridgehead atoms. The van der Waals surface area contributed by atoms with E-state index in [2.05, 4.69) is 15.1 Å². The maximum atomic E-state index is 12.2. The summed E-state index contributed by atoms with van der Waals surface area (Å²) in [4.78, 5) is 18.8. The lowest BCUT2D eigenvalue weighted by Gasteiger charge is -2.32. The highest BCUT2D eigenvalue weighted by Gasteiger charge is 2.17. The zero-order valence-electron chi connectivity index (χ0n) is 13.4. The van der Waals surface area contributed by atoms with E-state index in [-0.39, 0.29) is 5.56 Å². The highest BCUT2D eigenvalue weighted by molar-refractivity contribution is 6.04. The molecule has 0 amide bonds. The van der Waals surface area contributed by atoms with E-state index in [0.29, 0.717) is 12.6 Å². The van der Waals surface area contributed by atoms with Crippen molar-refractivity contribution in [3.05, 3.63) is 34.7 Å². The van der Waals surface area contributed by atoms with E-state index in [1.54, 1.807) is 11.7 Å². The van der Waals surface area contributed by atoms with Crippen molar-refractivity contribution in [1.82, 2.24) is 19.7 Å². The zero-order chi connectivity index (χ0) is 16.2. The summed E-state index contributed by atoms with van der Waals surface area (Å²) in [5, 5.41) is 2.84. The van der Waals surface area contributed by atoms with Gasteiger partial charge in [-0.3, -0.25) is 4.79 Å². The number of hydrogen-bond acceptors (Lipinski definition) is 5. The van der Waals surface area contributed by atoms with Gasteiger partial charge in [0.05, 0.1) is 24.3 Å². The van der Waals surface area contributed by atoms with E-state index in [0.717, 1.165) is 49.3 Å². The SMILES string of the molecule is [B]NC1CCN(CCn2c(=O)cnc3ccc(OC)cc32)CC1. The lowest BCUT2D eigenvalue weighted by Crippen LogP contribution is -2.43. The molecule has 0 atom stereocenters. The number of fused-ring (bicyclic) bond motifs is 1. The minimum Gasteiger partial charge on any atom is -0.497 e. The first-order valence-corrected chi connectivity index (χ1v) is 7.93. The standard InChI is InChI=1S/C16H21BN4O2/c1-23-13-2-3-14-15(10-13)21(16(22)11-18-14)9-8-20-6-4-12(19-17)5-7-20/h2-3,10-12,19H,4-9H2,1H3. The second-order valence-electron chi connectivity index (χ2n) is 5.89. The Labute approximate surface area is 136 Å². The fraction of sp³-hybridized carbons (Fsp3) is 0.500. The quantitative estimate of drug-likeness (QED) is 0.817. The van der Waals surface area contributed by atoms with Gasteiger partial charge in [0.25, 0.3) is 5.56 Å². The summed E-state index contributed by atoms with van der Waals surface area (Å²) in [6, 6.07) is 6.01. The van der Waals surface area contributed by atoms with Crippen LogP contribution in [0.2, 0.25) is 0 Å². The average molecular weight is 312 g/mol. The van der Waals surface area contributed by atoms with Crippen LogP contribution in [0.15, 0.2) is 29.2 Å². The van der Waals surface area contributed by atoms with Crippen LogP contribution >= 0.6 is 0 Å². The van der Waals surface area contributed by atoms with Gasteiger partial charge in [-0.1, -0.05) is 0 Å². The molecule has 0 aliphatic carbocycles. The molecule has 1 aliphatic rings. The summed E-state index contributed by atoms with van der Waals surface area (Å²) >= 11 is 0. The van der Waals surface area contributed by atoms with Crippen molar-refractivity contribution in [2.75, 3.05) is 26.7 Å². The van der Waals surface area contributed by atoms with Gasteiger partial charge in [0.2, 0.25) is 0 Å². The third-order valence-corrected chi connectivity index (χ3v) is 4.52. The first-order valence-electron chi connectivity index (χ1n) is 7.93. The maximum absolute atomic E-state index is 12.2.